The third-order valence-corrected chi connectivity index (χ3v) is 3.33. The van der Waals surface area contributed by atoms with E-state index in [4.69, 9.17) is 10.00 Å². The second-order valence-electron chi connectivity index (χ2n) is 4.77. The summed E-state index contributed by atoms with van der Waals surface area (Å²) in [6.07, 6.45) is 2.39. The zero-order valence-corrected chi connectivity index (χ0v) is 11.2. The van der Waals surface area contributed by atoms with Gasteiger partial charge >= 0.3 is 0 Å². The van der Waals surface area contributed by atoms with E-state index >= 15 is 0 Å². The van der Waals surface area contributed by atoms with Crippen molar-refractivity contribution in [2.24, 2.45) is 0 Å². The van der Waals surface area contributed by atoms with E-state index in [1.807, 2.05) is 24.1 Å². The predicted octanol–water partition coefficient (Wildman–Crippen LogP) is 1.92. The van der Waals surface area contributed by atoms with E-state index in [0.29, 0.717) is 5.69 Å². The molecule has 0 unspecified atom stereocenters. The number of nitrogens with zero attached hydrogens (tertiary/aromatic N) is 4. The van der Waals surface area contributed by atoms with Crippen LogP contribution < -0.4 is 9.64 Å². The summed E-state index contributed by atoms with van der Waals surface area (Å²) >= 11 is 0. The Morgan fingerprint density at radius 2 is 2.25 bits per heavy atom. The molecule has 2 heterocycles. The highest BCUT2D eigenvalue weighted by atomic mass is 16.5. The molecule has 0 saturated heterocycles. The van der Waals surface area contributed by atoms with Gasteiger partial charge in [-0.15, -0.1) is 0 Å². The summed E-state index contributed by atoms with van der Waals surface area (Å²) < 4.78 is 5.50. The first kappa shape index (κ1) is 12.4. The molecule has 1 aliphatic rings. The van der Waals surface area contributed by atoms with Crippen LogP contribution in [0.3, 0.4) is 0 Å². The number of hydrogen-bond acceptors (Lipinski definition) is 5. The molecule has 0 N–H and O–H groups in total. The number of anilines is 1. The molecule has 100 valence electrons. The molecule has 1 aromatic heterocycles. The number of ether oxygens (including phenoxy) is 1. The molecule has 0 bridgehead atoms. The van der Waals surface area contributed by atoms with Gasteiger partial charge in [-0.2, -0.15) is 5.26 Å². The Morgan fingerprint density at radius 1 is 1.35 bits per heavy atom. The molecule has 0 radical (unpaired) electrons. The second kappa shape index (κ2) is 5.17. The van der Waals surface area contributed by atoms with Crippen LogP contribution in [0.2, 0.25) is 0 Å². The topological polar surface area (TPSA) is 62.0 Å². The van der Waals surface area contributed by atoms with Crippen LogP contribution in [0.15, 0.2) is 30.6 Å². The van der Waals surface area contributed by atoms with E-state index < -0.39 is 0 Å². The number of fused-ring (bicyclic) bond motifs is 1. The Labute approximate surface area is 117 Å². The number of benzene rings is 1. The number of aromatic nitrogens is 2. The maximum Gasteiger partial charge on any atom is 0.145 e. The molecule has 0 atom stereocenters. The van der Waals surface area contributed by atoms with Crippen LogP contribution in [-0.2, 0) is 13.0 Å². The normalized spacial score (nSPS) is 12.4. The Morgan fingerprint density at radius 3 is 3.10 bits per heavy atom. The van der Waals surface area contributed by atoms with E-state index in [0.717, 1.165) is 31.1 Å². The smallest absolute Gasteiger partial charge is 0.145 e. The van der Waals surface area contributed by atoms with Crippen LogP contribution in [0, 0.1) is 11.3 Å². The minimum absolute atomic E-state index is 0.379. The molecule has 0 spiro atoms. The van der Waals surface area contributed by atoms with Crippen LogP contribution in [-0.4, -0.2) is 23.6 Å². The predicted molar refractivity (Wildman–Crippen MR) is 74.5 cm³/mol. The van der Waals surface area contributed by atoms with Crippen LogP contribution in [0.4, 0.5) is 5.82 Å². The highest BCUT2D eigenvalue weighted by Crippen LogP contribution is 2.26. The van der Waals surface area contributed by atoms with Crippen molar-refractivity contribution in [3.63, 3.8) is 0 Å². The molecule has 20 heavy (non-hydrogen) atoms. The molecule has 0 aliphatic carbocycles. The SMILES string of the molecule is CN(Cc1ccc2c(c1)CCO2)c1cc(C#N)ncn1. The Balaban J connectivity index is 1.78. The highest BCUT2D eigenvalue weighted by Gasteiger charge is 2.13. The van der Waals surface area contributed by atoms with E-state index in [-0.39, 0.29) is 0 Å². The van der Waals surface area contributed by atoms with Gasteiger partial charge < -0.3 is 9.64 Å². The number of nitriles is 1. The van der Waals surface area contributed by atoms with E-state index in [9.17, 15) is 0 Å². The Bertz CT molecular complexity index is 678. The lowest BCUT2D eigenvalue weighted by Crippen LogP contribution is -2.18. The second-order valence-corrected chi connectivity index (χ2v) is 4.77. The number of rotatable bonds is 3. The fourth-order valence-electron chi connectivity index (χ4n) is 2.31. The van der Waals surface area contributed by atoms with Crippen molar-refractivity contribution in [2.45, 2.75) is 13.0 Å². The first-order valence-corrected chi connectivity index (χ1v) is 6.44. The lowest BCUT2D eigenvalue weighted by molar-refractivity contribution is 0.357. The van der Waals surface area contributed by atoms with Crippen molar-refractivity contribution < 1.29 is 4.74 Å². The fourth-order valence-corrected chi connectivity index (χ4v) is 2.31. The maximum atomic E-state index is 8.87. The monoisotopic (exact) mass is 266 g/mol. The third-order valence-electron chi connectivity index (χ3n) is 3.33. The molecular formula is C15H14N4O. The van der Waals surface area contributed by atoms with Gasteiger partial charge in [0.15, 0.2) is 0 Å². The van der Waals surface area contributed by atoms with Gasteiger partial charge in [-0.3, -0.25) is 0 Å². The van der Waals surface area contributed by atoms with Crippen molar-refractivity contribution in [3.8, 4) is 11.8 Å². The number of hydrogen-bond donors (Lipinski definition) is 0. The van der Waals surface area contributed by atoms with Gasteiger partial charge in [0.1, 0.15) is 29.7 Å². The van der Waals surface area contributed by atoms with Crippen molar-refractivity contribution in [3.05, 3.63) is 47.4 Å². The zero-order chi connectivity index (χ0) is 13.9. The summed E-state index contributed by atoms with van der Waals surface area (Å²) in [5, 5.41) is 8.87. The molecule has 0 saturated carbocycles. The van der Waals surface area contributed by atoms with Gasteiger partial charge in [-0.25, -0.2) is 9.97 Å². The van der Waals surface area contributed by atoms with Crippen molar-refractivity contribution >= 4 is 5.82 Å². The molecule has 1 aromatic carbocycles. The summed E-state index contributed by atoms with van der Waals surface area (Å²) in [5.74, 6) is 1.73. The molecule has 0 amide bonds. The average Bonchev–Trinajstić information content (AvgIpc) is 2.95. The van der Waals surface area contributed by atoms with Gasteiger partial charge in [0.2, 0.25) is 0 Å². The summed E-state index contributed by atoms with van der Waals surface area (Å²) in [4.78, 5) is 10.1. The zero-order valence-electron chi connectivity index (χ0n) is 11.2. The van der Waals surface area contributed by atoms with Gasteiger partial charge in [0.05, 0.1) is 6.61 Å². The molecule has 5 nitrogen and oxygen atoms in total. The minimum atomic E-state index is 0.379. The Kier molecular flexibility index (Phi) is 3.21. The highest BCUT2D eigenvalue weighted by molar-refractivity contribution is 5.44. The molecule has 1 aliphatic heterocycles. The van der Waals surface area contributed by atoms with E-state index in [1.54, 1.807) is 6.07 Å². The van der Waals surface area contributed by atoms with Crippen molar-refractivity contribution in [2.75, 3.05) is 18.6 Å². The van der Waals surface area contributed by atoms with E-state index in [2.05, 4.69) is 22.1 Å². The summed E-state index contributed by atoms with van der Waals surface area (Å²) in [6, 6.07) is 9.97. The lowest BCUT2D eigenvalue weighted by atomic mass is 10.1. The van der Waals surface area contributed by atoms with Crippen LogP contribution in [0.5, 0.6) is 5.75 Å². The van der Waals surface area contributed by atoms with Gasteiger partial charge in [-0.05, 0) is 17.2 Å². The quantitative estimate of drug-likeness (QED) is 0.849. The third kappa shape index (κ3) is 2.41. The molecule has 0 fully saturated rings. The van der Waals surface area contributed by atoms with E-state index in [1.165, 1.54) is 17.5 Å². The van der Waals surface area contributed by atoms with Crippen LogP contribution >= 0.6 is 0 Å². The van der Waals surface area contributed by atoms with Crippen LogP contribution in [0.1, 0.15) is 16.8 Å². The summed E-state index contributed by atoms with van der Waals surface area (Å²) in [6.45, 7) is 1.50. The average molecular weight is 266 g/mol. The molecule has 2 aromatic rings. The minimum Gasteiger partial charge on any atom is -0.493 e. The van der Waals surface area contributed by atoms with Crippen molar-refractivity contribution in [1.29, 1.82) is 5.26 Å². The Hall–Kier alpha value is -2.61. The summed E-state index contributed by atoms with van der Waals surface area (Å²) in [7, 11) is 1.95. The van der Waals surface area contributed by atoms with Crippen molar-refractivity contribution in [1.82, 2.24) is 9.97 Å². The first-order valence-electron chi connectivity index (χ1n) is 6.44. The molecular weight excluding hydrogens is 252 g/mol. The van der Waals surface area contributed by atoms with Gasteiger partial charge in [0.25, 0.3) is 0 Å². The summed E-state index contributed by atoms with van der Waals surface area (Å²) in [5.41, 5.74) is 2.84. The van der Waals surface area contributed by atoms with Crippen LogP contribution in [0.25, 0.3) is 0 Å². The lowest BCUT2D eigenvalue weighted by Gasteiger charge is -2.18. The maximum absolute atomic E-state index is 8.87. The standard InChI is InChI=1S/C15H14N4O/c1-19(15-7-13(8-16)17-10-18-15)9-11-2-3-14-12(6-11)4-5-20-14/h2-3,6-7,10H,4-5,9H2,1H3. The van der Waals surface area contributed by atoms with Gasteiger partial charge in [-0.1, -0.05) is 12.1 Å². The first-order chi connectivity index (χ1) is 9.76. The largest absolute Gasteiger partial charge is 0.493 e. The fraction of sp³-hybridized carbons (Fsp3) is 0.267. The van der Waals surface area contributed by atoms with Gasteiger partial charge in [0, 0.05) is 26.1 Å². The molecule has 5 heteroatoms. The molecule has 3 rings (SSSR count).